The van der Waals surface area contributed by atoms with Gasteiger partial charge in [-0.3, -0.25) is 4.68 Å². The molecule has 0 amide bonds. The van der Waals surface area contributed by atoms with E-state index in [1.165, 1.54) is 16.9 Å². The van der Waals surface area contributed by atoms with Gasteiger partial charge in [-0.1, -0.05) is 30.3 Å². The van der Waals surface area contributed by atoms with Crippen molar-refractivity contribution < 1.29 is 8.42 Å². The van der Waals surface area contributed by atoms with Crippen molar-refractivity contribution in [3.8, 4) is 0 Å². The van der Waals surface area contributed by atoms with E-state index in [9.17, 15) is 8.42 Å². The van der Waals surface area contributed by atoms with E-state index in [4.69, 9.17) is 5.73 Å². The summed E-state index contributed by atoms with van der Waals surface area (Å²) in [6.45, 7) is 0.228. The van der Waals surface area contributed by atoms with Crippen LogP contribution in [0.1, 0.15) is 5.56 Å². The Bertz CT molecular complexity index is 652. The summed E-state index contributed by atoms with van der Waals surface area (Å²) in [5.74, 6) is 0. The van der Waals surface area contributed by atoms with Crippen molar-refractivity contribution in [2.24, 2.45) is 12.8 Å². The highest BCUT2D eigenvalue weighted by molar-refractivity contribution is 7.89. The van der Waals surface area contributed by atoms with Gasteiger partial charge >= 0.3 is 0 Å². The van der Waals surface area contributed by atoms with Crippen LogP contribution in [-0.2, 0) is 23.5 Å². The van der Waals surface area contributed by atoms with Gasteiger partial charge in [-0.15, -0.1) is 0 Å². The molecule has 1 aromatic heterocycles. The number of nitrogens with zero attached hydrogens (tertiary/aromatic N) is 2. The van der Waals surface area contributed by atoms with E-state index in [1.807, 2.05) is 30.3 Å². The number of hydrogen-bond acceptors (Lipinski definition) is 4. The standard InChI is InChI=1S/C13H18N4O2S/c1-17-13(7-8-15-17)20(18,19)16-12(10-14)9-11-5-3-2-4-6-11/h2-8,12,16H,9-10,14H2,1H3. The van der Waals surface area contributed by atoms with E-state index in [2.05, 4.69) is 9.82 Å². The van der Waals surface area contributed by atoms with Crippen molar-refractivity contribution in [1.29, 1.82) is 0 Å². The molecule has 2 aromatic rings. The highest BCUT2D eigenvalue weighted by Gasteiger charge is 2.22. The van der Waals surface area contributed by atoms with Crippen molar-refractivity contribution in [2.45, 2.75) is 17.5 Å². The normalized spacial score (nSPS) is 13.3. The van der Waals surface area contributed by atoms with Gasteiger partial charge < -0.3 is 5.73 Å². The molecule has 1 atom stereocenters. The van der Waals surface area contributed by atoms with Crippen LogP contribution in [0.15, 0.2) is 47.6 Å². The summed E-state index contributed by atoms with van der Waals surface area (Å²) in [5, 5.41) is 3.99. The van der Waals surface area contributed by atoms with Crippen LogP contribution >= 0.6 is 0 Å². The van der Waals surface area contributed by atoms with Crippen molar-refractivity contribution in [1.82, 2.24) is 14.5 Å². The van der Waals surface area contributed by atoms with Crippen molar-refractivity contribution in [3.63, 3.8) is 0 Å². The van der Waals surface area contributed by atoms with Crippen molar-refractivity contribution in [2.75, 3.05) is 6.54 Å². The van der Waals surface area contributed by atoms with Crippen LogP contribution in [0, 0.1) is 0 Å². The van der Waals surface area contributed by atoms with E-state index >= 15 is 0 Å². The number of aromatic nitrogens is 2. The largest absolute Gasteiger partial charge is 0.329 e. The van der Waals surface area contributed by atoms with Gasteiger partial charge in [-0.05, 0) is 18.1 Å². The minimum Gasteiger partial charge on any atom is -0.329 e. The van der Waals surface area contributed by atoms with Gasteiger partial charge in [0.2, 0.25) is 0 Å². The van der Waals surface area contributed by atoms with Crippen LogP contribution in [0.3, 0.4) is 0 Å². The van der Waals surface area contributed by atoms with Gasteiger partial charge in [0, 0.05) is 19.6 Å². The second-order valence-corrected chi connectivity index (χ2v) is 6.20. The average Bonchev–Trinajstić information content (AvgIpc) is 2.86. The summed E-state index contributed by atoms with van der Waals surface area (Å²) >= 11 is 0. The van der Waals surface area contributed by atoms with Crippen LogP contribution in [0.2, 0.25) is 0 Å². The third-order valence-corrected chi connectivity index (χ3v) is 4.58. The first-order valence-electron chi connectivity index (χ1n) is 6.27. The molecule has 0 aliphatic rings. The fourth-order valence-corrected chi connectivity index (χ4v) is 3.35. The zero-order valence-corrected chi connectivity index (χ0v) is 12.0. The number of sulfonamides is 1. The van der Waals surface area contributed by atoms with Crippen LogP contribution in [0.25, 0.3) is 0 Å². The molecule has 0 aliphatic carbocycles. The second kappa shape index (κ2) is 6.17. The predicted molar refractivity (Wildman–Crippen MR) is 76.5 cm³/mol. The zero-order valence-electron chi connectivity index (χ0n) is 11.2. The molecule has 0 fully saturated rings. The first kappa shape index (κ1) is 14.7. The van der Waals surface area contributed by atoms with Crippen LogP contribution in [0.5, 0.6) is 0 Å². The smallest absolute Gasteiger partial charge is 0.258 e. The summed E-state index contributed by atoms with van der Waals surface area (Å²) in [4.78, 5) is 0. The fraction of sp³-hybridized carbons (Fsp3) is 0.308. The fourth-order valence-electron chi connectivity index (χ4n) is 1.98. The minimum absolute atomic E-state index is 0.129. The molecule has 20 heavy (non-hydrogen) atoms. The van der Waals surface area contributed by atoms with Crippen LogP contribution in [-0.4, -0.2) is 30.8 Å². The molecule has 0 radical (unpaired) electrons. The molecule has 0 saturated carbocycles. The molecule has 6 nitrogen and oxygen atoms in total. The summed E-state index contributed by atoms with van der Waals surface area (Å²) in [5.41, 5.74) is 6.71. The Morgan fingerprint density at radius 2 is 2.00 bits per heavy atom. The molecule has 108 valence electrons. The number of nitrogens with two attached hydrogens (primary N) is 1. The Morgan fingerprint density at radius 1 is 1.30 bits per heavy atom. The first-order valence-corrected chi connectivity index (χ1v) is 7.75. The molecule has 0 aliphatic heterocycles. The van der Waals surface area contributed by atoms with E-state index in [-0.39, 0.29) is 17.6 Å². The lowest BCUT2D eigenvalue weighted by molar-refractivity contribution is 0.534. The zero-order chi connectivity index (χ0) is 14.6. The van der Waals surface area contributed by atoms with Gasteiger partial charge in [0.25, 0.3) is 10.0 Å². The SMILES string of the molecule is Cn1nccc1S(=O)(=O)NC(CN)Cc1ccccc1. The van der Waals surface area contributed by atoms with E-state index < -0.39 is 10.0 Å². The lowest BCUT2D eigenvalue weighted by Crippen LogP contribution is -2.42. The summed E-state index contributed by atoms with van der Waals surface area (Å²) in [6.07, 6.45) is 2.00. The van der Waals surface area contributed by atoms with Crippen LogP contribution in [0.4, 0.5) is 0 Å². The molecule has 0 saturated heterocycles. The Labute approximate surface area is 118 Å². The molecule has 2 rings (SSSR count). The van der Waals surface area contributed by atoms with Gasteiger partial charge in [0.05, 0.1) is 6.20 Å². The lowest BCUT2D eigenvalue weighted by atomic mass is 10.1. The molecular formula is C13H18N4O2S. The predicted octanol–water partition coefficient (Wildman–Crippen LogP) is 0.268. The topological polar surface area (TPSA) is 90.0 Å². The maximum absolute atomic E-state index is 12.2. The summed E-state index contributed by atoms with van der Waals surface area (Å²) in [6, 6.07) is 10.7. The van der Waals surface area contributed by atoms with Crippen molar-refractivity contribution in [3.05, 3.63) is 48.2 Å². The van der Waals surface area contributed by atoms with Gasteiger partial charge in [0.1, 0.15) is 0 Å². The molecule has 0 bridgehead atoms. The average molecular weight is 294 g/mol. The Hall–Kier alpha value is -1.70. The maximum atomic E-state index is 12.2. The quantitative estimate of drug-likeness (QED) is 0.800. The number of hydrogen-bond donors (Lipinski definition) is 2. The third kappa shape index (κ3) is 3.44. The van der Waals surface area contributed by atoms with Gasteiger partial charge in [0.15, 0.2) is 5.03 Å². The highest BCUT2D eigenvalue weighted by Crippen LogP contribution is 2.09. The minimum atomic E-state index is -3.61. The number of benzene rings is 1. The van der Waals surface area contributed by atoms with E-state index in [0.717, 1.165) is 5.56 Å². The molecule has 3 N–H and O–H groups in total. The third-order valence-electron chi connectivity index (χ3n) is 2.98. The number of aryl methyl sites for hydroxylation is 1. The number of nitrogens with one attached hydrogen (secondary N) is 1. The Kier molecular flexibility index (Phi) is 4.53. The van der Waals surface area contributed by atoms with Gasteiger partial charge in [-0.25, -0.2) is 13.1 Å². The Morgan fingerprint density at radius 3 is 2.55 bits per heavy atom. The van der Waals surface area contributed by atoms with Crippen LogP contribution < -0.4 is 10.5 Å². The van der Waals surface area contributed by atoms with E-state index in [1.54, 1.807) is 7.05 Å². The lowest BCUT2D eigenvalue weighted by Gasteiger charge is -2.17. The molecular weight excluding hydrogens is 276 g/mol. The molecule has 1 aromatic carbocycles. The summed E-state index contributed by atoms with van der Waals surface area (Å²) < 4.78 is 28.4. The maximum Gasteiger partial charge on any atom is 0.258 e. The van der Waals surface area contributed by atoms with Gasteiger partial charge in [-0.2, -0.15) is 5.10 Å². The molecule has 7 heteroatoms. The highest BCUT2D eigenvalue weighted by atomic mass is 32.2. The van der Waals surface area contributed by atoms with Crippen molar-refractivity contribution >= 4 is 10.0 Å². The summed E-state index contributed by atoms with van der Waals surface area (Å²) in [7, 11) is -2.02. The molecule has 1 heterocycles. The molecule has 1 unspecified atom stereocenters. The Balaban J connectivity index is 2.12. The second-order valence-electron chi connectivity index (χ2n) is 4.54. The molecule has 0 spiro atoms. The van der Waals surface area contributed by atoms with E-state index in [0.29, 0.717) is 6.42 Å². The first-order chi connectivity index (χ1) is 9.53. The monoisotopic (exact) mass is 294 g/mol. The number of rotatable bonds is 6.